The van der Waals surface area contributed by atoms with Gasteiger partial charge in [0.25, 0.3) is 0 Å². The molecule has 0 radical (unpaired) electrons. The number of anilines is 1. The van der Waals surface area contributed by atoms with Gasteiger partial charge in [0, 0.05) is 42.4 Å². The second kappa shape index (κ2) is 6.22. The van der Waals surface area contributed by atoms with Gasteiger partial charge in [-0.05, 0) is 30.2 Å². The number of nitrogens with zero attached hydrogens (tertiary/aromatic N) is 2. The molecule has 0 bridgehead atoms. The van der Waals surface area contributed by atoms with Gasteiger partial charge in [-0.15, -0.1) is 0 Å². The number of benzene rings is 1. The van der Waals surface area contributed by atoms with Gasteiger partial charge in [-0.1, -0.05) is 22.0 Å². The summed E-state index contributed by atoms with van der Waals surface area (Å²) in [5, 5.41) is 10.6. The van der Waals surface area contributed by atoms with Gasteiger partial charge in [-0.3, -0.25) is 9.48 Å². The van der Waals surface area contributed by atoms with E-state index < -0.39 is 0 Å². The molecule has 6 heteroatoms. The lowest BCUT2D eigenvalue weighted by Crippen LogP contribution is -2.28. The van der Waals surface area contributed by atoms with Gasteiger partial charge in [0.1, 0.15) is 0 Å². The zero-order valence-electron chi connectivity index (χ0n) is 12.6. The quantitative estimate of drug-likeness (QED) is 0.881. The van der Waals surface area contributed by atoms with Crippen LogP contribution in [0.1, 0.15) is 17.0 Å². The number of aryl methyl sites for hydroxylation is 2. The van der Waals surface area contributed by atoms with E-state index in [1.54, 1.807) is 4.68 Å². The largest absolute Gasteiger partial charge is 0.326 e. The molecule has 22 heavy (non-hydrogen) atoms. The van der Waals surface area contributed by atoms with Crippen LogP contribution in [0.2, 0.25) is 0 Å². The van der Waals surface area contributed by atoms with Crippen molar-refractivity contribution in [1.29, 1.82) is 0 Å². The van der Waals surface area contributed by atoms with Crippen molar-refractivity contribution in [2.75, 3.05) is 18.4 Å². The van der Waals surface area contributed by atoms with E-state index in [4.69, 9.17) is 0 Å². The number of hydrogen-bond acceptors (Lipinski definition) is 3. The van der Waals surface area contributed by atoms with E-state index in [0.29, 0.717) is 6.54 Å². The van der Waals surface area contributed by atoms with Gasteiger partial charge in [0.05, 0.1) is 12.1 Å². The first-order valence-corrected chi connectivity index (χ1v) is 8.10. The molecular formula is C16H19BrN4O. The lowest BCUT2D eigenvalue weighted by molar-refractivity contribution is -0.119. The number of aromatic nitrogens is 2. The molecule has 1 fully saturated rings. The van der Waals surface area contributed by atoms with Crippen LogP contribution in [0, 0.1) is 12.8 Å². The Morgan fingerprint density at radius 1 is 1.45 bits per heavy atom. The highest BCUT2D eigenvalue weighted by Crippen LogP contribution is 2.29. The highest BCUT2D eigenvalue weighted by atomic mass is 79.9. The maximum atomic E-state index is 12.7. The normalized spacial score (nSPS) is 21.0. The third-order valence-corrected chi connectivity index (χ3v) is 4.65. The van der Waals surface area contributed by atoms with E-state index >= 15 is 0 Å². The molecule has 2 atom stereocenters. The van der Waals surface area contributed by atoms with Crippen LogP contribution in [0.4, 0.5) is 5.69 Å². The maximum absolute atomic E-state index is 12.7. The summed E-state index contributed by atoms with van der Waals surface area (Å²) in [6.45, 7) is 3.49. The van der Waals surface area contributed by atoms with Crippen molar-refractivity contribution in [3.05, 3.63) is 46.2 Å². The predicted octanol–water partition coefficient (Wildman–Crippen LogP) is 2.43. The van der Waals surface area contributed by atoms with Crippen LogP contribution in [0.25, 0.3) is 0 Å². The summed E-state index contributed by atoms with van der Waals surface area (Å²) in [5.74, 6) is 0.142. The summed E-state index contributed by atoms with van der Waals surface area (Å²) in [5.41, 5.74) is 3.02. The maximum Gasteiger partial charge on any atom is 0.229 e. The Bertz CT molecular complexity index is 697. The molecule has 2 aromatic rings. The average Bonchev–Trinajstić information content (AvgIpc) is 3.11. The Kier molecular flexibility index (Phi) is 4.31. The molecule has 3 rings (SSSR count). The van der Waals surface area contributed by atoms with Crippen molar-refractivity contribution in [3.63, 3.8) is 0 Å². The number of nitrogens with one attached hydrogen (secondary N) is 2. The fraction of sp³-hybridized carbons (Fsp3) is 0.375. The lowest BCUT2D eigenvalue weighted by Gasteiger charge is -2.18. The molecule has 1 aromatic heterocycles. The predicted molar refractivity (Wildman–Crippen MR) is 89.8 cm³/mol. The Hall–Kier alpha value is -1.66. The number of carbonyl (C=O) groups excluding carboxylic acids is 1. The molecule has 5 nitrogen and oxygen atoms in total. The van der Waals surface area contributed by atoms with E-state index in [9.17, 15) is 4.79 Å². The topological polar surface area (TPSA) is 59.0 Å². The third-order valence-electron chi connectivity index (χ3n) is 4.16. The summed E-state index contributed by atoms with van der Waals surface area (Å²) >= 11 is 3.45. The van der Waals surface area contributed by atoms with Crippen molar-refractivity contribution < 1.29 is 4.79 Å². The monoisotopic (exact) mass is 362 g/mol. The SMILES string of the molecule is Cc1ccc(Br)cc1NC(=O)[C@H]1CNC[C@@H]1c1cnn(C)c1. The van der Waals surface area contributed by atoms with Gasteiger partial charge in [-0.2, -0.15) is 5.10 Å². The highest BCUT2D eigenvalue weighted by Gasteiger charge is 2.34. The molecule has 0 spiro atoms. The van der Waals surface area contributed by atoms with Crippen molar-refractivity contribution in [1.82, 2.24) is 15.1 Å². The van der Waals surface area contributed by atoms with Crippen molar-refractivity contribution in [2.45, 2.75) is 12.8 Å². The van der Waals surface area contributed by atoms with E-state index in [1.807, 2.05) is 44.6 Å². The minimum atomic E-state index is -0.0809. The molecule has 2 N–H and O–H groups in total. The van der Waals surface area contributed by atoms with Crippen LogP contribution in [0.3, 0.4) is 0 Å². The number of rotatable bonds is 3. The first-order valence-electron chi connectivity index (χ1n) is 7.31. The number of carbonyl (C=O) groups is 1. The lowest BCUT2D eigenvalue weighted by atomic mass is 9.90. The fourth-order valence-electron chi connectivity index (χ4n) is 2.89. The molecule has 0 unspecified atom stereocenters. The summed E-state index contributed by atoms with van der Waals surface area (Å²) < 4.78 is 2.74. The van der Waals surface area contributed by atoms with Gasteiger partial charge in [0.2, 0.25) is 5.91 Å². The van der Waals surface area contributed by atoms with Gasteiger partial charge >= 0.3 is 0 Å². The van der Waals surface area contributed by atoms with Crippen molar-refractivity contribution in [2.24, 2.45) is 13.0 Å². The Labute approximate surface area is 138 Å². The number of amides is 1. The molecule has 1 saturated heterocycles. The van der Waals surface area contributed by atoms with Gasteiger partial charge in [0.15, 0.2) is 0 Å². The molecule has 0 aliphatic carbocycles. The first-order chi connectivity index (χ1) is 10.5. The molecule has 0 saturated carbocycles. The molecule has 116 valence electrons. The molecule has 2 heterocycles. The molecular weight excluding hydrogens is 344 g/mol. The van der Waals surface area contributed by atoms with Crippen LogP contribution in [-0.2, 0) is 11.8 Å². The van der Waals surface area contributed by atoms with Crippen LogP contribution in [0.15, 0.2) is 35.1 Å². The van der Waals surface area contributed by atoms with E-state index in [0.717, 1.165) is 27.8 Å². The summed E-state index contributed by atoms with van der Waals surface area (Å²) in [4.78, 5) is 12.7. The van der Waals surface area contributed by atoms with Crippen LogP contribution >= 0.6 is 15.9 Å². The van der Waals surface area contributed by atoms with Gasteiger partial charge in [-0.25, -0.2) is 0 Å². The molecule has 1 aliphatic rings. The minimum Gasteiger partial charge on any atom is -0.326 e. The third kappa shape index (κ3) is 3.08. The van der Waals surface area contributed by atoms with Crippen molar-refractivity contribution in [3.8, 4) is 0 Å². The van der Waals surface area contributed by atoms with Crippen molar-refractivity contribution >= 4 is 27.5 Å². The molecule has 1 aromatic carbocycles. The Morgan fingerprint density at radius 2 is 2.27 bits per heavy atom. The average molecular weight is 363 g/mol. The van der Waals surface area contributed by atoms with E-state index in [-0.39, 0.29) is 17.7 Å². The zero-order chi connectivity index (χ0) is 15.7. The fourth-order valence-corrected chi connectivity index (χ4v) is 3.25. The zero-order valence-corrected chi connectivity index (χ0v) is 14.2. The second-order valence-corrected chi connectivity index (χ2v) is 6.68. The highest BCUT2D eigenvalue weighted by molar-refractivity contribution is 9.10. The summed E-state index contributed by atoms with van der Waals surface area (Å²) in [6, 6.07) is 5.90. The van der Waals surface area contributed by atoms with Crippen LogP contribution in [0.5, 0.6) is 0 Å². The number of halogens is 1. The van der Waals surface area contributed by atoms with E-state index in [2.05, 4.69) is 31.7 Å². The Balaban J connectivity index is 1.77. The van der Waals surface area contributed by atoms with E-state index in [1.165, 1.54) is 0 Å². The summed E-state index contributed by atoms with van der Waals surface area (Å²) in [6.07, 6.45) is 3.84. The standard InChI is InChI=1S/C16H19BrN4O/c1-10-3-4-12(17)5-15(10)20-16(22)14-8-18-7-13(14)11-6-19-21(2)9-11/h3-6,9,13-14,18H,7-8H2,1-2H3,(H,20,22)/t13-,14+/m1/s1. The Morgan fingerprint density at radius 3 is 3.00 bits per heavy atom. The second-order valence-electron chi connectivity index (χ2n) is 5.77. The van der Waals surface area contributed by atoms with Crippen LogP contribution < -0.4 is 10.6 Å². The molecule has 1 aliphatic heterocycles. The minimum absolute atomic E-state index is 0.0556. The van der Waals surface area contributed by atoms with Crippen LogP contribution in [-0.4, -0.2) is 28.8 Å². The first kappa shape index (κ1) is 15.2. The molecule has 1 amide bonds. The smallest absolute Gasteiger partial charge is 0.229 e. The number of hydrogen-bond donors (Lipinski definition) is 2. The van der Waals surface area contributed by atoms with Gasteiger partial charge < -0.3 is 10.6 Å². The summed E-state index contributed by atoms with van der Waals surface area (Å²) in [7, 11) is 1.89.